The predicted octanol–water partition coefficient (Wildman–Crippen LogP) is 3.04. The predicted molar refractivity (Wildman–Crippen MR) is 93.7 cm³/mol. The Labute approximate surface area is 144 Å². The molecule has 0 spiro atoms. The van der Waals surface area contributed by atoms with E-state index in [1.165, 1.54) is 12.1 Å². The van der Waals surface area contributed by atoms with Gasteiger partial charge in [-0.3, -0.25) is 15.2 Å². The van der Waals surface area contributed by atoms with Crippen molar-refractivity contribution in [3.63, 3.8) is 0 Å². The largest absolute Gasteiger partial charge is 0.497 e. The van der Waals surface area contributed by atoms with Crippen LogP contribution in [0.25, 0.3) is 11.4 Å². The first-order valence-electron chi connectivity index (χ1n) is 7.70. The van der Waals surface area contributed by atoms with Crippen molar-refractivity contribution in [1.82, 2.24) is 15.2 Å². The number of aromatic nitrogens is 3. The first-order chi connectivity index (χ1) is 12.2. The average molecular weight is 339 g/mol. The van der Waals surface area contributed by atoms with Crippen molar-refractivity contribution in [3.8, 4) is 17.1 Å². The molecule has 0 unspecified atom stereocenters. The second kappa shape index (κ2) is 7.43. The van der Waals surface area contributed by atoms with E-state index in [0.29, 0.717) is 18.8 Å². The van der Waals surface area contributed by atoms with Gasteiger partial charge in [0.05, 0.1) is 12.0 Å². The molecule has 3 rings (SSSR count). The second-order valence-corrected chi connectivity index (χ2v) is 5.32. The summed E-state index contributed by atoms with van der Waals surface area (Å²) >= 11 is 0. The lowest BCUT2D eigenvalue weighted by atomic mass is 10.2. The minimum Gasteiger partial charge on any atom is -0.497 e. The van der Waals surface area contributed by atoms with Crippen LogP contribution in [0, 0.1) is 10.1 Å². The standard InChI is InChI=1S/C17H17N5O3/c1-25-15-4-2-3-13(11-15)18-10-9-16-19-17(21-20-16)12-5-7-14(8-6-12)22(23)24/h2-8,11,18H,9-10H2,1H3,(H,19,20,21). The molecule has 0 aliphatic carbocycles. The number of nitrogens with zero attached hydrogens (tertiary/aromatic N) is 3. The Hall–Kier alpha value is -3.42. The van der Waals surface area contributed by atoms with E-state index in [9.17, 15) is 10.1 Å². The molecule has 25 heavy (non-hydrogen) atoms. The lowest BCUT2D eigenvalue weighted by Crippen LogP contribution is -2.06. The molecule has 2 N–H and O–H groups in total. The van der Waals surface area contributed by atoms with Crippen molar-refractivity contribution in [3.05, 3.63) is 64.5 Å². The number of benzene rings is 2. The topological polar surface area (TPSA) is 106 Å². The van der Waals surface area contributed by atoms with E-state index in [0.717, 1.165) is 22.8 Å². The molecule has 0 atom stereocenters. The number of nitrogens with one attached hydrogen (secondary N) is 2. The summed E-state index contributed by atoms with van der Waals surface area (Å²) in [5, 5.41) is 21.0. The van der Waals surface area contributed by atoms with Gasteiger partial charge in [-0.05, 0) is 24.3 Å². The molecule has 128 valence electrons. The van der Waals surface area contributed by atoms with Gasteiger partial charge < -0.3 is 10.1 Å². The Kier molecular flexibility index (Phi) is 4.89. The number of aromatic amines is 1. The van der Waals surface area contributed by atoms with Crippen LogP contribution >= 0.6 is 0 Å². The van der Waals surface area contributed by atoms with Crippen LogP contribution in [0.4, 0.5) is 11.4 Å². The molecule has 0 aliphatic rings. The van der Waals surface area contributed by atoms with Crippen molar-refractivity contribution >= 4 is 11.4 Å². The Morgan fingerprint density at radius 2 is 2.04 bits per heavy atom. The zero-order valence-corrected chi connectivity index (χ0v) is 13.6. The molecule has 0 radical (unpaired) electrons. The van der Waals surface area contributed by atoms with Crippen LogP contribution in [0.1, 0.15) is 5.82 Å². The molecule has 1 aromatic heterocycles. The molecule has 0 aliphatic heterocycles. The Bertz CT molecular complexity index is 861. The number of nitro benzene ring substituents is 1. The molecule has 0 bridgehead atoms. The Morgan fingerprint density at radius 1 is 1.24 bits per heavy atom. The SMILES string of the molecule is COc1cccc(NCCc2nc(-c3ccc([N+](=O)[O-])cc3)n[nH]2)c1. The second-order valence-electron chi connectivity index (χ2n) is 5.32. The van der Waals surface area contributed by atoms with E-state index in [1.54, 1.807) is 19.2 Å². The number of nitro groups is 1. The monoisotopic (exact) mass is 339 g/mol. The molecular formula is C17H17N5O3. The number of rotatable bonds is 7. The average Bonchev–Trinajstić information content (AvgIpc) is 3.11. The number of methoxy groups -OCH3 is 1. The summed E-state index contributed by atoms with van der Waals surface area (Å²) < 4.78 is 5.18. The minimum atomic E-state index is -0.433. The Morgan fingerprint density at radius 3 is 2.76 bits per heavy atom. The summed E-state index contributed by atoms with van der Waals surface area (Å²) in [6.07, 6.45) is 0.664. The van der Waals surface area contributed by atoms with E-state index in [-0.39, 0.29) is 5.69 Å². The highest BCUT2D eigenvalue weighted by molar-refractivity contribution is 5.57. The first-order valence-corrected chi connectivity index (χ1v) is 7.70. The molecular weight excluding hydrogens is 322 g/mol. The van der Waals surface area contributed by atoms with E-state index in [1.807, 2.05) is 24.3 Å². The van der Waals surface area contributed by atoms with Crippen LogP contribution < -0.4 is 10.1 Å². The van der Waals surface area contributed by atoms with E-state index >= 15 is 0 Å². The molecule has 0 saturated carbocycles. The number of hydrogen-bond acceptors (Lipinski definition) is 6. The fourth-order valence-electron chi connectivity index (χ4n) is 2.33. The maximum Gasteiger partial charge on any atom is 0.269 e. The molecule has 3 aromatic rings. The zero-order valence-electron chi connectivity index (χ0n) is 13.6. The van der Waals surface area contributed by atoms with Gasteiger partial charge in [0.1, 0.15) is 11.6 Å². The van der Waals surface area contributed by atoms with Gasteiger partial charge in [0.2, 0.25) is 0 Å². The summed E-state index contributed by atoms with van der Waals surface area (Å²) in [5.41, 5.74) is 1.74. The Balaban J connectivity index is 1.59. The van der Waals surface area contributed by atoms with E-state index < -0.39 is 4.92 Å². The molecule has 0 fully saturated rings. The highest BCUT2D eigenvalue weighted by Crippen LogP contribution is 2.19. The van der Waals surface area contributed by atoms with Crippen molar-refractivity contribution in [2.24, 2.45) is 0 Å². The maximum absolute atomic E-state index is 10.7. The van der Waals surface area contributed by atoms with Gasteiger partial charge in [-0.2, -0.15) is 5.10 Å². The third-order valence-corrected chi connectivity index (χ3v) is 3.63. The number of hydrogen-bond donors (Lipinski definition) is 2. The van der Waals surface area contributed by atoms with Crippen LogP contribution in [0.3, 0.4) is 0 Å². The van der Waals surface area contributed by atoms with E-state index in [2.05, 4.69) is 20.5 Å². The molecule has 1 heterocycles. The van der Waals surface area contributed by atoms with Gasteiger partial charge >= 0.3 is 0 Å². The number of ether oxygens (including phenoxy) is 1. The quantitative estimate of drug-likeness (QED) is 0.506. The van der Waals surface area contributed by atoms with Crippen molar-refractivity contribution < 1.29 is 9.66 Å². The fourth-order valence-corrected chi connectivity index (χ4v) is 2.33. The summed E-state index contributed by atoms with van der Waals surface area (Å²) in [6.45, 7) is 0.683. The summed E-state index contributed by atoms with van der Waals surface area (Å²) in [7, 11) is 1.63. The van der Waals surface area contributed by atoms with Gasteiger partial charge in [0.15, 0.2) is 5.82 Å². The molecule has 0 saturated heterocycles. The summed E-state index contributed by atoms with van der Waals surface area (Å²) in [5.74, 6) is 2.06. The highest BCUT2D eigenvalue weighted by atomic mass is 16.6. The highest BCUT2D eigenvalue weighted by Gasteiger charge is 2.09. The molecule has 8 nitrogen and oxygen atoms in total. The van der Waals surface area contributed by atoms with Crippen molar-refractivity contribution in [2.45, 2.75) is 6.42 Å². The number of non-ortho nitro benzene ring substituents is 1. The normalized spacial score (nSPS) is 10.4. The molecule has 2 aromatic carbocycles. The van der Waals surface area contributed by atoms with Gasteiger partial charge in [-0.15, -0.1) is 0 Å². The smallest absolute Gasteiger partial charge is 0.269 e. The van der Waals surface area contributed by atoms with E-state index in [4.69, 9.17) is 4.74 Å². The number of anilines is 1. The maximum atomic E-state index is 10.7. The lowest BCUT2D eigenvalue weighted by molar-refractivity contribution is -0.384. The fraction of sp³-hybridized carbons (Fsp3) is 0.176. The van der Waals surface area contributed by atoms with Gasteiger partial charge in [-0.1, -0.05) is 6.07 Å². The number of H-pyrrole nitrogens is 1. The van der Waals surface area contributed by atoms with Crippen LogP contribution in [-0.2, 0) is 6.42 Å². The van der Waals surface area contributed by atoms with Gasteiger partial charge in [0.25, 0.3) is 5.69 Å². The summed E-state index contributed by atoms with van der Waals surface area (Å²) in [4.78, 5) is 14.7. The van der Waals surface area contributed by atoms with Crippen LogP contribution in [0.5, 0.6) is 5.75 Å². The van der Waals surface area contributed by atoms with Crippen molar-refractivity contribution in [1.29, 1.82) is 0 Å². The van der Waals surface area contributed by atoms with Crippen LogP contribution in [0.2, 0.25) is 0 Å². The van der Waals surface area contributed by atoms with Crippen LogP contribution in [-0.4, -0.2) is 33.8 Å². The molecule has 8 heteroatoms. The minimum absolute atomic E-state index is 0.0435. The summed E-state index contributed by atoms with van der Waals surface area (Å²) in [6, 6.07) is 13.8. The third kappa shape index (κ3) is 4.11. The van der Waals surface area contributed by atoms with Gasteiger partial charge in [0, 0.05) is 42.4 Å². The van der Waals surface area contributed by atoms with Crippen molar-refractivity contribution in [2.75, 3.05) is 19.0 Å². The third-order valence-electron chi connectivity index (χ3n) is 3.63. The van der Waals surface area contributed by atoms with Gasteiger partial charge in [-0.25, -0.2) is 4.98 Å². The molecule has 0 amide bonds. The first kappa shape index (κ1) is 16.4. The van der Waals surface area contributed by atoms with Crippen LogP contribution in [0.15, 0.2) is 48.5 Å². The lowest BCUT2D eigenvalue weighted by Gasteiger charge is -2.06. The zero-order chi connectivity index (χ0) is 17.6.